The number of hydrogen-bond acceptors (Lipinski definition) is 4. The quantitative estimate of drug-likeness (QED) is 0.520. The molecule has 0 atom stereocenters. The van der Waals surface area contributed by atoms with Crippen molar-refractivity contribution in [1.82, 2.24) is 9.78 Å². The average molecular weight is 357 g/mol. The Balaban J connectivity index is 2.50. The van der Waals surface area contributed by atoms with Crippen molar-refractivity contribution in [2.75, 3.05) is 12.3 Å². The third kappa shape index (κ3) is 2.63. The highest BCUT2D eigenvalue weighted by atomic mass is 127. The summed E-state index contributed by atoms with van der Waals surface area (Å²) in [5.41, 5.74) is 7.29. The highest BCUT2D eigenvalue weighted by molar-refractivity contribution is 14.1. The Morgan fingerprint density at radius 3 is 2.94 bits per heavy atom. The molecule has 5 nitrogen and oxygen atoms in total. The number of carbonyl (C=O) groups excluding carboxylic acids is 1. The Kier molecular flexibility index (Phi) is 3.85. The molecule has 0 aliphatic carbocycles. The number of anilines is 1. The van der Waals surface area contributed by atoms with Crippen LogP contribution in [0.25, 0.3) is 5.69 Å². The van der Waals surface area contributed by atoms with Crippen molar-refractivity contribution in [2.24, 2.45) is 0 Å². The van der Waals surface area contributed by atoms with E-state index in [0.29, 0.717) is 23.5 Å². The van der Waals surface area contributed by atoms with Gasteiger partial charge in [0, 0.05) is 11.9 Å². The van der Waals surface area contributed by atoms with E-state index in [9.17, 15) is 4.79 Å². The SMILES string of the molecule is CCOC(=O)c1cc(N)ccc1-n1cc(I)cn1. The molecule has 1 heterocycles. The van der Waals surface area contributed by atoms with E-state index >= 15 is 0 Å². The van der Waals surface area contributed by atoms with Gasteiger partial charge in [-0.2, -0.15) is 5.10 Å². The van der Waals surface area contributed by atoms with Gasteiger partial charge in [0.2, 0.25) is 0 Å². The molecule has 1 aromatic heterocycles. The standard InChI is InChI=1S/C12H12IN3O2/c1-2-18-12(17)10-5-9(14)3-4-11(10)16-7-8(13)6-15-16/h3-7H,2,14H2,1H3. The molecule has 0 spiro atoms. The molecular weight excluding hydrogens is 345 g/mol. The molecule has 18 heavy (non-hydrogen) atoms. The molecule has 2 aromatic rings. The molecule has 0 amide bonds. The van der Waals surface area contributed by atoms with Gasteiger partial charge in [0.25, 0.3) is 0 Å². The zero-order valence-corrected chi connectivity index (χ0v) is 11.9. The fourth-order valence-electron chi connectivity index (χ4n) is 1.56. The number of aromatic nitrogens is 2. The number of esters is 1. The maximum atomic E-state index is 11.9. The van der Waals surface area contributed by atoms with E-state index in [1.54, 1.807) is 36.0 Å². The van der Waals surface area contributed by atoms with Crippen molar-refractivity contribution in [3.8, 4) is 5.69 Å². The number of rotatable bonds is 3. The van der Waals surface area contributed by atoms with Crippen LogP contribution in [0.2, 0.25) is 0 Å². The highest BCUT2D eigenvalue weighted by Gasteiger charge is 2.15. The fraction of sp³-hybridized carbons (Fsp3) is 0.167. The Morgan fingerprint density at radius 2 is 2.33 bits per heavy atom. The van der Waals surface area contributed by atoms with Crippen molar-refractivity contribution >= 4 is 34.2 Å². The summed E-state index contributed by atoms with van der Waals surface area (Å²) in [4.78, 5) is 11.9. The van der Waals surface area contributed by atoms with E-state index < -0.39 is 5.97 Å². The fourth-order valence-corrected chi connectivity index (χ4v) is 1.95. The summed E-state index contributed by atoms with van der Waals surface area (Å²) in [6.45, 7) is 2.09. The van der Waals surface area contributed by atoms with Crippen LogP contribution in [0.1, 0.15) is 17.3 Å². The molecule has 0 unspecified atom stereocenters. The van der Waals surface area contributed by atoms with Crippen molar-refractivity contribution < 1.29 is 9.53 Å². The number of carbonyl (C=O) groups is 1. The molecule has 0 fully saturated rings. The number of ether oxygens (including phenoxy) is 1. The van der Waals surface area contributed by atoms with Gasteiger partial charge in [-0.25, -0.2) is 9.48 Å². The minimum absolute atomic E-state index is 0.323. The summed E-state index contributed by atoms with van der Waals surface area (Å²) in [6.07, 6.45) is 3.54. The summed E-state index contributed by atoms with van der Waals surface area (Å²) in [5.74, 6) is -0.398. The molecular formula is C12H12IN3O2. The van der Waals surface area contributed by atoms with Crippen molar-refractivity contribution in [3.05, 3.63) is 39.7 Å². The van der Waals surface area contributed by atoms with Gasteiger partial charge in [0.05, 0.1) is 27.6 Å². The molecule has 0 aliphatic rings. The van der Waals surface area contributed by atoms with Crippen LogP contribution in [-0.4, -0.2) is 22.4 Å². The first-order valence-electron chi connectivity index (χ1n) is 5.39. The Bertz CT molecular complexity index is 580. The maximum absolute atomic E-state index is 11.9. The first-order valence-corrected chi connectivity index (χ1v) is 6.47. The minimum Gasteiger partial charge on any atom is -0.462 e. The van der Waals surface area contributed by atoms with Gasteiger partial charge in [-0.3, -0.25) is 0 Å². The maximum Gasteiger partial charge on any atom is 0.340 e. The lowest BCUT2D eigenvalue weighted by molar-refractivity contribution is 0.0526. The van der Waals surface area contributed by atoms with Crippen LogP contribution in [-0.2, 0) is 4.74 Å². The van der Waals surface area contributed by atoms with Gasteiger partial charge in [-0.1, -0.05) is 0 Å². The summed E-state index contributed by atoms with van der Waals surface area (Å²) in [6, 6.07) is 5.08. The van der Waals surface area contributed by atoms with Gasteiger partial charge in [0.1, 0.15) is 0 Å². The molecule has 0 bridgehead atoms. The number of benzene rings is 1. The van der Waals surface area contributed by atoms with Gasteiger partial charge in [-0.05, 0) is 47.7 Å². The highest BCUT2D eigenvalue weighted by Crippen LogP contribution is 2.19. The van der Waals surface area contributed by atoms with Crippen molar-refractivity contribution in [3.63, 3.8) is 0 Å². The number of nitrogens with zero attached hydrogens (tertiary/aromatic N) is 2. The van der Waals surface area contributed by atoms with Crippen LogP contribution >= 0.6 is 22.6 Å². The minimum atomic E-state index is -0.398. The van der Waals surface area contributed by atoms with E-state index in [2.05, 4.69) is 27.7 Å². The van der Waals surface area contributed by atoms with Crippen LogP contribution in [0, 0.1) is 3.57 Å². The summed E-state index contributed by atoms with van der Waals surface area (Å²) >= 11 is 2.16. The number of nitrogens with two attached hydrogens (primary N) is 1. The molecule has 0 aliphatic heterocycles. The lowest BCUT2D eigenvalue weighted by Gasteiger charge is -2.09. The average Bonchev–Trinajstić information content (AvgIpc) is 2.76. The molecule has 94 valence electrons. The molecule has 6 heteroatoms. The molecule has 0 saturated heterocycles. The third-order valence-corrected chi connectivity index (χ3v) is 2.87. The van der Waals surface area contributed by atoms with Gasteiger partial charge in [-0.15, -0.1) is 0 Å². The van der Waals surface area contributed by atoms with E-state index in [-0.39, 0.29) is 0 Å². The van der Waals surface area contributed by atoms with Crippen molar-refractivity contribution in [1.29, 1.82) is 0 Å². The van der Waals surface area contributed by atoms with Crippen molar-refractivity contribution in [2.45, 2.75) is 6.92 Å². The van der Waals surface area contributed by atoms with E-state index in [4.69, 9.17) is 10.5 Å². The zero-order valence-electron chi connectivity index (χ0n) is 9.76. The first-order chi connectivity index (χ1) is 8.61. The Morgan fingerprint density at radius 1 is 1.56 bits per heavy atom. The van der Waals surface area contributed by atoms with Gasteiger partial charge < -0.3 is 10.5 Å². The van der Waals surface area contributed by atoms with Crippen LogP contribution in [0.15, 0.2) is 30.6 Å². The molecule has 1 aromatic carbocycles. The third-order valence-electron chi connectivity index (χ3n) is 2.31. The van der Waals surface area contributed by atoms with Crippen LogP contribution < -0.4 is 5.73 Å². The monoisotopic (exact) mass is 357 g/mol. The molecule has 0 radical (unpaired) electrons. The van der Waals surface area contributed by atoms with Crippen LogP contribution in [0.4, 0.5) is 5.69 Å². The predicted octanol–water partition coefficient (Wildman–Crippen LogP) is 2.24. The molecule has 2 rings (SSSR count). The van der Waals surface area contributed by atoms with E-state index in [0.717, 1.165) is 3.57 Å². The Labute approximate surface area is 118 Å². The second-order valence-corrected chi connectivity index (χ2v) is 4.85. The number of nitrogen functional groups attached to an aromatic ring is 1. The Hall–Kier alpha value is -1.57. The normalized spacial score (nSPS) is 10.3. The van der Waals surface area contributed by atoms with E-state index in [1.165, 1.54) is 0 Å². The largest absolute Gasteiger partial charge is 0.462 e. The number of halogens is 1. The predicted molar refractivity (Wildman–Crippen MR) is 76.6 cm³/mol. The van der Waals surface area contributed by atoms with Gasteiger partial charge in [0.15, 0.2) is 0 Å². The second-order valence-electron chi connectivity index (χ2n) is 3.60. The summed E-state index contributed by atoms with van der Waals surface area (Å²) in [5, 5.41) is 4.18. The van der Waals surface area contributed by atoms with Crippen LogP contribution in [0.5, 0.6) is 0 Å². The lowest BCUT2D eigenvalue weighted by Crippen LogP contribution is -2.10. The topological polar surface area (TPSA) is 70.1 Å². The molecule has 2 N–H and O–H groups in total. The first kappa shape index (κ1) is 12.9. The summed E-state index contributed by atoms with van der Waals surface area (Å²) < 4.78 is 7.63. The van der Waals surface area contributed by atoms with E-state index in [1.807, 2.05) is 6.20 Å². The molecule has 0 saturated carbocycles. The van der Waals surface area contributed by atoms with Gasteiger partial charge >= 0.3 is 5.97 Å². The summed E-state index contributed by atoms with van der Waals surface area (Å²) in [7, 11) is 0. The van der Waals surface area contributed by atoms with Crippen LogP contribution in [0.3, 0.4) is 0 Å². The second kappa shape index (κ2) is 5.38. The smallest absolute Gasteiger partial charge is 0.340 e. The number of hydrogen-bond donors (Lipinski definition) is 1. The zero-order chi connectivity index (χ0) is 13.1. The lowest BCUT2D eigenvalue weighted by atomic mass is 10.1.